The van der Waals surface area contributed by atoms with E-state index in [0.717, 1.165) is 29.6 Å². The van der Waals surface area contributed by atoms with Crippen molar-refractivity contribution in [2.75, 3.05) is 12.4 Å². The summed E-state index contributed by atoms with van der Waals surface area (Å²) in [4.78, 5) is 8.38. The molecule has 5 heteroatoms. The average Bonchev–Trinajstić information content (AvgIpc) is 2.50. The molecule has 1 aromatic carbocycles. The fourth-order valence-corrected chi connectivity index (χ4v) is 3.07. The Balaban J connectivity index is 1.90. The van der Waals surface area contributed by atoms with Crippen molar-refractivity contribution in [1.82, 2.24) is 9.97 Å². The summed E-state index contributed by atoms with van der Waals surface area (Å²) in [5.74, 6) is 1.32. The van der Waals surface area contributed by atoms with Crippen molar-refractivity contribution in [1.29, 1.82) is 0 Å². The molecule has 1 unspecified atom stereocenters. The van der Waals surface area contributed by atoms with Crippen LogP contribution < -0.4 is 10.1 Å². The molecular weight excluding hydrogens is 318 g/mol. The van der Waals surface area contributed by atoms with Crippen LogP contribution in [0.4, 0.5) is 5.82 Å². The van der Waals surface area contributed by atoms with E-state index in [2.05, 4.69) is 55.5 Å². The highest BCUT2D eigenvalue weighted by molar-refractivity contribution is 9.10. The Bertz CT molecular complexity index is 618. The predicted molar refractivity (Wildman–Crippen MR) is 82.0 cm³/mol. The van der Waals surface area contributed by atoms with Crippen LogP contribution in [0.25, 0.3) is 0 Å². The molecular formula is C15H16BrN3O. The number of aromatic nitrogens is 2. The van der Waals surface area contributed by atoms with E-state index in [1.807, 2.05) is 7.05 Å². The van der Waals surface area contributed by atoms with E-state index in [1.54, 1.807) is 0 Å². The van der Waals surface area contributed by atoms with Crippen molar-refractivity contribution < 1.29 is 4.74 Å². The zero-order valence-corrected chi connectivity index (χ0v) is 12.9. The van der Waals surface area contributed by atoms with Crippen molar-refractivity contribution in [2.24, 2.45) is 0 Å². The molecule has 1 N–H and O–H groups in total. The van der Waals surface area contributed by atoms with Gasteiger partial charge in [0, 0.05) is 7.05 Å². The predicted octanol–water partition coefficient (Wildman–Crippen LogP) is 3.74. The molecule has 0 fully saturated rings. The zero-order valence-electron chi connectivity index (χ0n) is 11.3. The monoisotopic (exact) mass is 333 g/mol. The lowest BCUT2D eigenvalue weighted by Crippen LogP contribution is -2.16. The van der Waals surface area contributed by atoms with Gasteiger partial charge in [-0.05, 0) is 46.3 Å². The quantitative estimate of drug-likeness (QED) is 0.929. The minimum absolute atomic E-state index is 0.0656. The van der Waals surface area contributed by atoms with Crippen LogP contribution >= 0.6 is 15.9 Å². The number of hydrogen-bond donors (Lipinski definition) is 1. The van der Waals surface area contributed by atoms with E-state index in [0.29, 0.717) is 5.88 Å². The van der Waals surface area contributed by atoms with Crippen LogP contribution in [0.3, 0.4) is 0 Å². The summed E-state index contributed by atoms with van der Waals surface area (Å²) < 4.78 is 6.89. The van der Waals surface area contributed by atoms with E-state index >= 15 is 0 Å². The van der Waals surface area contributed by atoms with Crippen molar-refractivity contribution in [3.05, 3.63) is 46.2 Å². The second kappa shape index (κ2) is 5.79. The van der Waals surface area contributed by atoms with Gasteiger partial charge < -0.3 is 10.1 Å². The summed E-state index contributed by atoms with van der Waals surface area (Å²) in [5, 5.41) is 3.01. The molecule has 2 aromatic rings. The lowest BCUT2D eigenvalue weighted by molar-refractivity contribution is 0.174. The largest absolute Gasteiger partial charge is 0.469 e. The number of fused-ring (bicyclic) bond motifs is 1. The van der Waals surface area contributed by atoms with Crippen LogP contribution in [-0.4, -0.2) is 17.0 Å². The first kappa shape index (κ1) is 13.4. The third kappa shape index (κ3) is 2.50. The Morgan fingerprint density at radius 1 is 1.30 bits per heavy atom. The third-order valence-electron chi connectivity index (χ3n) is 3.56. The second-order valence-electron chi connectivity index (χ2n) is 4.79. The lowest BCUT2D eigenvalue weighted by atomic mass is 9.89. The van der Waals surface area contributed by atoms with Gasteiger partial charge in [-0.1, -0.05) is 24.3 Å². The number of anilines is 1. The molecule has 4 nitrogen and oxygen atoms in total. The maximum Gasteiger partial charge on any atom is 0.233 e. The minimum Gasteiger partial charge on any atom is -0.469 e. The summed E-state index contributed by atoms with van der Waals surface area (Å²) in [7, 11) is 1.83. The molecule has 20 heavy (non-hydrogen) atoms. The Hall–Kier alpha value is -1.62. The van der Waals surface area contributed by atoms with Gasteiger partial charge in [0.2, 0.25) is 5.88 Å². The first-order chi connectivity index (χ1) is 9.79. The molecule has 1 aliphatic carbocycles. The molecule has 0 aliphatic heterocycles. The molecule has 0 saturated heterocycles. The van der Waals surface area contributed by atoms with Crippen molar-refractivity contribution >= 4 is 21.7 Å². The standard InChI is InChI=1S/C15H16BrN3O/c1-17-14-13(16)15(19-9-18-14)20-12-8-4-6-10-5-2-3-7-11(10)12/h2-3,5,7,9,12H,4,6,8H2,1H3,(H,17,18,19). The fourth-order valence-electron chi connectivity index (χ4n) is 2.58. The van der Waals surface area contributed by atoms with Gasteiger partial charge in [0.1, 0.15) is 22.7 Å². The normalized spacial score (nSPS) is 17.4. The topological polar surface area (TPSA) is 47.0 Å². The fraction of sp³-hybridized carbons (Fsp3) is 0.333. The van der Waals surface area contributed by atoms with Crippen LogP contribution in [0, 0.1) is 0 Å². The van der Waals surface area contributed by atoms with E-state index in [1.165, 1.54) is 17.5 Å². The number of benzene rings is 1. The Kier molecular flexibility index (Phi) is 3.87. The summed E-state index contributed by atoms with van der Waals surface area (Å²) in [6, 6.07) is 8.47. The maximum atomic E-state index is 6.12. The molecule has 0 radical (unpaired) electrons. The number of aryl methyl sites for hydroxylation is 1. The van der Waals surface area contributed by atoms with E-state index in [4.69, 9.17) is 4.74 Å². The highest BCUT2D eigenvalue weighted by Crippen LogP contribution is 2.36. The van der Waals surface area contributed by atoms with Crippen LogP contribution in [0.15, 0.2) is 35.1 Å². The molecule has 1 heterocycles. The first-order valence-electron chi connectivity index (χ1n) is 6.72. The molecule has 0 spiro atoms. The molecule has 0 bridgehead atoms. The van der Waals surface area contributed by atoms with E-state index < -0.39 is 0 Å². The molecule has 1 aromatic heterocycles. The summed E-state index contributed by atoms with van der Waals surface area (Å²) in [6.45, 7) is 0. The van der Waals surface area contributed by atoms with Crippen molar-refractivity contribution in [3.63, 3.8) is 0 Å². The molecule has 0 amide bonds. The van der Waals surface area contributed by atoms with Gasteiger partial charge in [0.05, 0.1) is 0 Å². The van der Waals surface area contributed by atoms with Crippen LogP contribution in [0.5, 0.6) is 5.88 Å². The Morgan fingerprint density at radius 3 is 3.00 bits per heavy atom. The Morgan fingerprint density at radius 2 is 2.15 bits per heavy atom. The smallest absolute Gasteiger partial charge is 0.233 e. The number of hydrogen-bond acceptors (Lipinski definition) is 4. The zero-order chi connectivity index (χ0) is 13.9. The summed E-state index contributed by atoms with van der Waals surface area (Å²) >= 11 is 3.50. The maximum absolute atomic E-state index is 6.12. The van der Waals surface area contributed by atoms with Gasteiger partial charge in [-0.2, -0.15) is 0 Å². The number of rotatable bonds is 3. The Labute approximate surface area is 126 Å². The third-order valence-corrected chi connectivity index (χ3v) is 4.28. The number of halogens is 1. The van der Waals surface area contributed by atoms with Crippen LogP contribution in [0.1, 0.15) is 30.1 Å². The van der Waals surface area contributed by atoms with Crippen LogP contribution in [0.2, 0.25) is 0 Å². The highest BCUT2D eigenvalue weighted by atomic mass is 79.9. The molecule has 104 valence electrons. The number of ether oxygens (including phenoxy) is 1. The van der Waals surface area contributed by atoms with Gasteiger partial charge in [0.15, 0.2) is 0 Å². The van der Waals surface area contributed by atoms with Gasteiger partial charge in [-0.15, -0.1) is 0 Å². The number of nitrogens with one attached hydrogen (secondary N) is 1. The van der Waals surface area contributed by atoms with Crippen LogP contribution in [-0.2, 0) is 6.42 Å². The average molecular weight is 334 g/mol. The lowest BCUT2D eigenvalue weighted by Gasteiger charge is -2.26. The molecule has 1 atom stereocenters. The highest BCUT2D eigenvalue weighted by Gasteiger charge is 2.23. The summed E-state index contributed by atoms with van der Waals surface area (Å²) in [6.07, 6.45) is 4.87. The molecule has 3 rings (SSSR count). The first-order valence-corrected chi connectivity index (χ1v) is 7.51. The molecule has 0 saturated carbocycles. The van der Waals surface area contributed by atoms with E-state index in [-0.39, 0.29) is 6.10 Å². The molecule has 1 aliphatic rings. The van der Waals surface area contributed by atoms with Gasteiger partial charge in [-0.25, -0.2) is 9.97 Å². The van der Waals surface area contributed by atoms with Crippen molar-refractivity contribution in [2.45, 2.75) is 25.4 Å². The van der Waals surface area contributed by atoms with Gasteiger partial charge in [0.25, 0.3) is 0 Å². The second-order valence-corrected chi connectivity index (χ2v) is 5.58. The van der Waals surface area contributed by atoms with Crippen molar-refractivity contribution in [3.8, 4) is 5.88 Å². The number of nitrogens with zero attached hydrogens (tertiary/aromatic N) is 2. The van der Waals surface area contributed by atoms with Gasteiger partial charge >= 0.3 is 0 Å². The van der Waals surface area contributed by atoms with Gasteiger partial charge in [-0.3, -0.25) is 0 Å². The minimum atomic E-state index is 0.0656. The summed E-state index contributed by atoms with van der Waals surface area (Å²) in [5.41, 5.74) is 2.65. The SMILES string of the molecule is CNc1ncnc(OC2CCCc3ccccc32)c1Br. The van der Waals surface area contributed by atoms with E-state index in [9.17, 15) is 0 Å².